The molecule has 21 heavy (non-hydrogen) atoms. The molecule has 0 aromatic carbocycles. The van der Waals surface area contributed by atoms with Crippen LogP contribution in [-0.4, -0.2) is 72.4 Å². The van der Waals surface area contributed by atoms with E-state index < -0.39 is 0 Å². The van der Waals surface area contributed by atoms with Gasteiger partial charge in [0.2, 0.25) is 11.8 Å². The van der Waals surface area contributed by atoms with E-state index in [0.717, 1.165) is 26.2 Å². The van der Waals surface area contributed by atoms with Gasteiger partial charge in [0.1, 0.15) is 0 Å². The molecule has 0 radical (unpaired) electrons. The third-order valence-corrected chi connectivity index (χ3v) is 3.94. The van der Waals surface area contributed by atoms with Crippen molar-refractivity contribution >= 4 is 28.3 Å². The van der Waals surface area contributed by atoms with Gasteiger partial charge in [-0.15, -0.1) is 11.3 Å². The largest absolute Gasteiger partial charge is 0.355 e. The molecule has 1 fully saturated rings. The SMILES string of the molecule is CCNC(=O)CN1CCN(CC(=O)Nc2nccs2)CC1. The summed E-state index contributed by atoms with van der Waals surface area (Å²) in [6.45, 7) is 6.59. The molecule has 0 aliphatic carbocycles. The van der Waals surface area contributed by atoms with Crippen molar-refractivity contribution in [3.63, 3.8) is 0 Å². The molecular weight excluding hydrogens is 290 g/mol. The molecule has 1 aliphatic heterocycles. The number of nitrogens with zero attached hydrogens (tertiary/aromatic N) is 3. The number of aromatic nitrogens is 1. The van der Waals surface area contributed by atoms with E-state index >= 15 is 0 Å². The van der Waals surface area contributed by atoms with Crippen LogP contribution >= 0.6 is 11.3 Å². The molecule has 2 N–H and O–H groups in total. The number of hydrogen-bond donors (Lipinski definition) is 2. The van der Waals surface area contributed by atoms with Crippen LogP contribution in [0.4, 0.5) is 5.13 Å². The second kappa shape index (κ2) is 8.06. The molecule has 0 atom stereocenters. The number of carbonyl (C=O) groups excluding carboxylic acids is 2. The van der Waals surface area contributed by atoms with Crippen LogP contribution in [0.1, 0.15) is 6.92 Å². The average molecular weight is 311 g/mol. The highest BCUT2D eigenvalue weighted by Crippen LogP contribution is 2.10. The Morgan fingerprint density at radius 1 is 1.19 bits per heavy atom. The molecule has 1 aliphatic rings. The van der Waals surface area contributed by atoms with E-state index in [4.69, 9.17) is 0 Å². The number of hydrogen-bond acceptors (Lipinski definition) is 6. The number of thiazole rings is 1. The summed E-state index contributed by atoms with van der Waals surface area (Å²) in [6, 6.07) is 0. The van der Waals surface area contributed by atoms with Crippen molar-refractivity contribution in [3.8, 4) is 0 Å². The molecule has 8 heteroatoms. The zero-order chi connectivity index (χ0) is 15.1. The minimum Gasteiger partial charge on any atom is -0.355 e. The van der Waals surface area contributed by atoms with Gasteiger partial charge in [0.25, 0.3) is 0 Å². The molecule has 2 rings (SSSR count). The Morgan fingerprint density at radius 2 is 1.81 bits per heavy atom. The first kappa shape index (κ1) is 15.9. The Kier molecular flexibility index (Phi) is 6.09. The lowest BCUT2D eigenvalue weighted by Gasteiger charge is -2.33. The summed E-state index contributed by atoms with van der Waals surface area (Å²) >= 11 is 1.41. The van der Waals surface area contributed by atoms with Crippen molar-refractivity contribution in [3.05, 3.63) is 11.6 Å². The number of nitrogens with one attached hydrogen (secondary N) is 2. The number of anilines is 1. The average Bonchev–Trinajstić information content (AvgIpc) is 2.94. The minimum atomic E-state index is -0.0397. The smallest absolute Gasteiger partial charge is 0.240 e. The van der Waals surface area contributed by atoms with Crippen molar-refractivity contribution in [2.24, 2.45) is 0 Å². The standard InChI is InChI=1S/C13H21N5O2S/c1-2-14-11(19)9-17-4-6-18(7-5-17)10-12(20)16-13-15-3-8-21-13/h3,8H,2,4-7,9-10H2,1H3,(H,14,19)(H,15,16,20). The lowest BCUT2D eigenvalue weighted by Crippen LogP contribution is -2.51. The Morgan fingerprint density at radius 3 is 2.33 bits per heavy atom. The van der Waals surface area contributed by atoms with Crippen LogP contribution in [0, 0.1) is 0 Å². The van der Waals surface area contributed by atoms with E-state index in [1.807, 2.05) is 12.3 Å². The fourth-order valence-corrected chi connectivity index (χ4v) is 2.75. The molecule has 0 bridgehead atoms. The molecule has 2 amide bonds. The van der Waals surface area contributed by atoms with Gasteiger partial charge in [0.05, 0.1) is 13.1 Å². The maximum absolute atomic E-state index is 11.9. The van der Waals surface area contributed by atoms with Gasteiger partial charge in [-0.3, -0.25) is 19.4 Å². The van der Waals surface area contributed by atoms with E-state index in [-0.39, 0.29) is 11.8 Å². The third kappa shape index (κ3) is 5.41. The Balaban J connectivity index is 1.66. The molecule has 2 heterocycles. The second-order valence-electron chi connectivity index (χ2n) is 4.89. The predicted octanol–water partition coefficient (Wildman–Crippen LogP) is -0.165. The molecule has 0 spiro atoms. The van der Waals surface area contributed by atoms with Crippen LogP contribution in [0.15, 0.2) is 11.6 Å². The molecule has 7 nitrogen and oxygen atoms in total. The number of likely N-dealkylation sites (N-methyl/N-ethyl adjacent to an activating group) is 1. The van der Waals surface area contributed by atoms with Crippen LogP contribution in [0.3, 0.4) is 0 Å². The minimum absolute atomic E-state index is 0.0397. The van der Waals surface area contributed by atoms with Gasteiger partial charge in [0, 0.05) is 44.3 Å². The van der Waals surface area contributed by atoms with Gasteiger partial charge < -0.3 is 10.6 Å². The zero-order valence-electron chi connectivity index (χ0n) is 12.2. The van der Waals surface area contributed by atoms with Gasteiger partial charge in [-0.05, 0) is 6.92 Å². The van der Waals surface area contributed by atoms with Gasteiger partial charge in [-0.2, -0.15) is 0 Å². The molecule has 1 aromatic heterocycles. The summed E-state index contributed by atoms with van der Waals surface area (Å²) < 4.78 is 0. The summed E-state index contributed by atoms with van der Waals surface area (Å²) in [5.74, 6) is 0.0228. The topological polar surface area (TPSA) is 77.6 Å². The monoisotopic (exact) mass is 311 g/mol. The second-order valence-corrected chi connectivity index (χ2v) is 5.79. The van der Waals surface area contributed by atoms with E-state index in [0.29, 0.717) is 24.8 Å². The Labute approximate surface area is 128 Å². The van der Waals surface area contributed by atoms with Crippen LogP contribution < -0.4 is 10.6 Å². The molecule has 0 saturated carbocycles. The molecule has 0 unspecified atom stereocenters. The van der Waals surface area contributed by atoms with Crippen molar-refractivity contribution in [1.29, 1.82) is 0 Å². The lowest BCUT2D eigenvalue weighted by molar-refractivity contribution is -0.123. The van der Waals surface area contributed by atoms with E-state index in [1.165, 1.54) is 11.3 Å². The Hall–Kier alpha value is -1.51. The quantitative estimate of drug-likeness (QED) is 0.763. The van der Waals surface area contributed by atoms with Crippen LogP contribution in [0.25, 0.3) is 0 Å². The summed E-state index contributed by atoms with van der Waals surface area (Å²) in [5, 5.41) is 8.04. The lowest BCUT2D eigenvalue weighted by atomic mass is 10.3. The summed E-state index contributed by atoms with van der Waals surface area (Å²) in [7, 11) is 0. The first-order valence-corrected chi connectivity index (χ1v) is 7.96. The van der Waals surface area contributed by atoms with Crippen LogP contribution in [0.5, 0.6) is 0 Å². The maximum atomic E-state index is 11.9. The van der Waals surface area contributed by atoms with Crippen molar-refractivity contribution in [2.45, 2.75) is 6.92 Å². The van der Waals surface area contributed by atoms with Crippen molar-refractivity contribution in [1.82, 2.24) is 20.1 Å². The molecule has 1 saturated heterocycles. The van der Waals surface area contributed by atoms with E-state index in [1.54, 1.807) is 6.20 Å². The number of piperazine rings is 1. The fourth-order valence-electron chi connectivity index (χ4n) is 2.21. The highest BCUT2D eigenvalue weighted by Gasteiger charge is 2.20. The fraction of sp³-hybridized carbons (Fsp3) is 0.615. The van der Waals surface area contributed by atoms with Gasteiger partial charge in [-0.25, -0.2) is 4.98 Å². The van der Waals surface area contributed by atoms with E-state index in [2.05, 4.69) is 25.4 Å². The highest BCUT2D eigenvalue weighted by atomic mass is 32.1. The predicted molar refractivity (Wildman–Crippen MR) is 82.3 cm³/mol. The highest BCUT2D eigenvalue weighted by molar-refractivity contribution is 7.13. The molecule has 1 aromatic rings. The molecule has 116 valence electrons. The molecular formula is C13H21N5O2S. The Bertz CT molecular complexity index is 457. The van der Waals surface area contributed by atoms with Crippen LogP contribution in [-0.2, 0) is 9.59 Å². The van der Waals surface area contributed by atoms with Gasteiger partial charge >= 0.3 is 0 Å². The summed E-state index contributed by atoms with van der Waals surface area (Å²) in [6.07, 6.45) is 1.67. The van der Waals surface area contributed by atoms with E-state index in [9.17, 15) is 9.59 Å². The maximum Gasteiger partial charge on any atom is 0.240 e. The third-order valence-electron chi connectivity index (χ3n) is 3.25. The number of carbonyl (C=O) groups is 2. The van der Waals surface area contributed by atoms with Gasteiger partial charge in [0.15, 0.2) is 5.13 Å². The van der Waals surface area contributed by atoms with Crippen LogP contribution in [0.2, 0.25) is 0 Å². The van der Waals surface area contributed by atoms with Gasteiger partial charge in [-0.1, -0.05) is 0 Å². The van der Waals surface area contributed by atoms with Crippen molar-refractivity contribution < 1.29 is 9.59 Å². The van der Waals surface area contributed by atoms with Crippen molar-refractivity contribution in [2.75, 3.05) is 51.1 Å². The first-order valence-electron chi connectivity index (χ1n) is 7.08. The first-order chi connectivity index (χ1) is 10.2. The summed E-state index contributed by atoms with van der Waals surface area (Å²) in [4.78, 5) is 31.6. The summed E-state index contributed by atoms with van der Waals surface area (Å²) in [5.41, 5.74) is 0. The zero-order valence-corrected chi connectivity index (χ0v) is 13.0. The number of rotatable bonds is 6. The normalized spacial score (nSPS) is 16.6. The number of amides is 2.